The second-order valence-electron chi connectivity index (χ2n) is 5.65. The van der Waals surface area contributed by atoms with E-state index in [1.54, 1.807) is 18.2 Å². The van der Waals surface area contributed by atoms with Crippen molar-refractivity contribution in [1.82, 2.24) is 10.1 Å². The molecule has 1 fully saturated rings. The lowest BCUT2D eigenvalue weighted by atomic mass is 9.99. The average Bonchev–Trinajstić information content (AvgIpc) is 3.11. The van der Waals surface area contributed by atoms with Gasteiger partial charge >= 0.3 is 0 Å². The normalized spacial score (nSPS) is 17.6. The van der Waals surface area contributed by atoms with Crippen LogP contribution in [0.4, 0.5) is 0 Å². The standard InChI is InChI=1S/C15H17Cl2N3O2.ClH/c1-9(21-12-5-4-10(16)8-11(12)17)13-19-14(20-22-13)15(18)6-2-3-7-15;/h4-5,8-9H,2-3,6-7,18H2,1H3;1H. The number of aromatic nitrogens is 2. The predicted octanol–water partition coefficient (Wildman–Crippen LogP) is 4.67. The fraction of sp³-hybridized carbons (Fsp3) is 0.467. The van der Waals surface area contributed by atoms with Gasteiger partial charge in [0.1, 0.15) is 5.75 Å². The number of ether oxygens (including phenoxy) is 1. The van der Waals surface area contributed by atoms with Gasteiger partial charge in [-0.2, -0.15) is 4.98 Å². The Morgan fingerprint density at radius 3 is 2.65 bits per heavy atom. The lowest BCUT2D eigenvalue weighted by molar-refractivity contribution is 0.175. The van der Waals surface area contributed by atoms with E-state index in [0.717, 1.165) is 25.7 Å². The highest BCUT2D eigenvalue weighted by molar-refractivity contribution is 6.35. The van der Waals surface area contributed by atoms with E-state index < -0.39 is 11.6 Å². The third-order valence-corrected chi connectivity index (χ3v) is 4.46. The van der Waals surface area contributed by atoms with Crippen molar-refractivity contribution >= 4 is 35.6 Å². The summed E-state index contributed by atoms with van der Waals surface area (Å²) in [7, 11) is 0. The molecule has 0 radical (unpaired) electrons. The van der Waals surface area contributed by atoms with Crippen LogP contribution in [0.1, 0.15) is 50.4 Å². The van der Waals surface area contributed by atoms with Crippen molar-refractivity contribution in [3.63, 3.8) is 0 Å². The molecule has 2 N–H and O–H groups in total. The van der Waals surface area contributed by atoms with Crippen molar-refractivity contribution in [2.45, 2.75) is 44.2 Å². The molecular formula is C15H18Cl3N3O2. The number of halogens is 3. The first-order valence-electron chi connectivity index (χ1n) is 7.23. The van der Waals surface area contributed by atoms with E-state index >= 15 is 0 Å². The molecule has 8 heteroatoms. The topological polar surface area (TPSA) is 74.2 Å². The Hall–Kier alpha value is -1.01. The molecule has 1 aliphatic rings. The molecule has 1 aliphatic carbocycles. The SMILES string of the molecule is CC(Oc1ccc(Cl)cc1Cl)c1nc(C2(N)CCCC2)no1.Cl. The van der Waals surface area contributed by atoms with Crippen LogP contribution >= 0.6 is 35.6 Å². The van der Waals surface area contributed by atoms with Gasteiger partial charge in [0.15, 0.2) is 11.9 Å². The molecule has 0 saturated heterocycles. The van der Waals surface area contributed by atoms with Crippen molar-refractivity contribution in [3.05, 3.63) is 40.0 Å². The summed E-state index contributed by atoms with van der Waals surface area (Å²) in [6, 6.07) is 5.04. The Morgan fingerprint density at radius 1 is 1.30 bits per heavy atom. The zero-order chi connectivity index (χ0) is 15.7. The second-order valence-corrected chi connectivity index (χ2v) is 6.50. The lowest BCUT2D eigenvalue weighted by Gasteiger charge is -2.18. The van der Waals surface area contributed by atoms with Gasteiger partial charge in [-0.15, -0.1) is 12.4 Å². The number of benzene rings is 1. The molecule has 1 heterocycles. The van der Waals surface area contributed by atoms with Crippen LogP contribution in [0, 0.1) is 0 Å². The van der Waals surface area contributed by atoms with Crippen LogP contribution in [0.5, 0.6) is 5.75 Å². The lowest BCUT2D eigenvalue weighted by Crippen LogP contribution is -2.34. The van der Waals surface area contributed by atoms with Gasteiger partial charge in [-0.3, -0.25) is 0 Å². The number of nitrogens with two attached hydrogens (primary N) is 1. The average molecular weight is 379 g/mol. The van der Waals surface area contributed by atoms with Crippen molar-refractivity contribution < 1.29 is 9.26 Å². The maximum atomic E-state index is 6.33. The zero-order valence-electron chi connectivity index (χ0n) is 12.6. The molecule has 5 nitrogen and oxygen atoms in total. The maximum Gasteiger partial charge on any atom is 0.267 e. The van der Waals surface area contributed by atoms with Crippen LogP contribution in [-0.4, -0.2) is 10.1 Å². The first kappa shape index (κ1) is 18.3. The summed E-state index contributed by atoms with van der Waals surface area (Å²) in [5, 5.41) is 5.01. The van der Waals surface area contributed by atoms with Gasteiger partial charge in [0.25, 0.3) is 5.89 Å². The summed E-state index contributed by atoms with van der Waals surface area (Å²) >= 11 is 12.0. The molecular weight excluding hydrogens is 361 g/mol. The highest BCUT2D eigenvalue weighted by Gasteiger charge is 2.36. The monoisotopic (exact) mass is 377 g/mol. The molecule has 1 atom stereocenters. The van der Waals surface area contributed by atoms with Crippen LogP contribution < -0.4 is 10.5 Å². The molecule has 1 aromatic carbocycles. The first-order valence-corrected chi connectivity index (χ1v) is 7.98. The number of hydrogen-bond acceptors (Lipinski definition) is 5. The Morgan fingerprint density at radius 2 is 2.00 bits per heavy atom. The van der Waals surface area contributed by atoms with E-state index in [2.05, 4.69) is 10.1 Å². The Labute approximate surface area is 150 Å². The fourth-order valence-corrected chi connectivity index (χ4v) is 3.10. The molecule has 3 rings (SSSR count). The smallest absolute Gasteiger partial charge is 0.267 e. The van der Waals surface area contributed by atoms with Crippen LogP contribution in [0.3, 0.4) is 0 Å². The summed E-state index contributed by atoms with van der Waals surface area (Å²) in [4.78, 5) is 4.41. The number of rotatable bonds is 4. The quantitative estimate of drug-likeness (QED) is 0.837. The van der Waals surface area contributed by atoms with Gasteiger partial charge < -0.3 is 15.0 Å². The molecule has 0 bridgehead atoms. The minimum Gasteiger partial charge on any atom is -0.479 e. The molecule has 1 saturated carbocycles. The summed E-state index contributed by atoms with van der Waals surface area (Å²) in [5.41, 5.74) is 5.85. The van der Waals surface area contributed by atoms with Crippen molar-refractivity contribution in [1.29, 1.82) is 0 Å². The third kappa shape index (κ3) is 3.91. The second kappa shape index (κ2) is 7.26. The molecule has 1 unspecified atom stereocenters. The first-order chi connectivity index (χ1) is 10.5. The van der Waals surface area contributed by atoms with E-state index in [-0.39, 0.29) is 12.4 Å². The maximum absolute atomic E-state index is 6.33. The predicted molar refractivity (Wildman–Crippen MR) is 91.4 cm³/mol. The zero-order valence-corrected chi connectivity index (χ0v) is 14.9. The fourth-order valence-electron chi connectivity index (χ4n) is 2.64. The van der Waals surface area contributed by atoms with Gasteiger partial charge in [0.05, 0.1) is 10.6 Å². The number of hydrogen-bond donors (Lipinski definition) is 1. The Balaban J connectivity index is 0.00000192. The van der Waals surface area contributed by atoms with Gasteiger partial charge in [0.2, 0.25) is 0 Å². The summed E-state index contributed by atoms with van der Waals surface area (Å²) < 4.78 is 11.1. The minimum absolute atomic E-state index is 0. The van der Waals surface area contributed by atoms with Crippen LogP contribution in [0.2, 0.25) is 10.0 Å². The molecule has 23 heavy (non-hydrogen) atoms. The molecule has 0 amide bonds. The van der Waals surface area contributed by atoms with Crippen LogP contribution in [0.25, 0.3) is 0 Å². The van der Waals surface area contributed by atoms with Crippen molar-refractivity contribution in [3.8, 4) is 5.75 Å². The van der Waals surface area contributed by atoms with E-state index in [1.807, 2.05) is 6.92 Å². The molecule has 0 spiro atoms. The van der Waals surface area contributed by atoms with Gasteiger partial charge in [0, 0.05) is 5.02 Å². The largest absolute Gasteiger partial charge is 0.479 e. The highest BCUT2D eigenvalue weighted by Crippen LogP contribution is 2.36. The summed E-state index contributed by atoms with van der Waals surface area (Å²) in [6.07, 6.45) is 3.51. The van der Waals surface area contributed by atoms with Gasteiger partial charge in [-0.05, 0) is 38.0 Å². The van der Waals surface area contributed by atoms with Crippen molar-refractivity contribution in [2.24, 2.45) is 5.73 Å². The summed E-state index contributed by atoms with van der Waals surface area (Å²) in [6.45, 7) is 1.82. The Kier molecular flexibility index (Phi) is 5.79. The molecule has 126 valence electrons. The highest BCUT2D eigenvalue weighted by atomic mass is 35.5. The van der Waals surface area contributed by atoms with Gasteiger partial charge in [-0.1, -0.05) is 41.2 Å². The minimum atomic E-state index is -0.473. The van der Waals surface area contributed by atoms with E-state index in [4.69, 9.17) is 38.2 Å². The number of nitrogens with zero attached hydrogens (tertiary/aromatic N) is 2. The Bertz CT molecular complexity index is 672. The third-order valence-electron chi connectivity index (χ3n) is 3.93. The summed E-state index contributed by atoms with van der Waals surface area (Å²) in [5.74, 6) is 1.46. The van der Waals surface area contributed by atoms with Crippen LogP contribution in [-0.2, 0) is 5.54 Å². The van der Waals surface area contributed by atoms with Gasteiger partial charge in [-0.25, -0.2) is 0 Å². The van der Waals surface area contributed by atoms with Crippen molar-refractivity contribution in [2.75, 3.05) is 0 Å². The van der Waals surface area contributed by atoms with E-state index in [0.29, 0.717) is 27.5 Å². The van der Waals surface area contributed by atoms with Crippen LogP contribution in [0.15, 0.2) is 22.7 Å². The van der Waals surface area contributed by atoms with E-state index in [9.17, 15) is 0 Å². The van der Waals surface area contributed by atoms with E-state index in [1.165, 1.54) is 0 Å². The molecule has 2 aromatic rings. The molecule has 0 aliphatic heterocycles. The molecule has 1 aromatic heterocycles.